The number of aromatic nitrogens is 2. The summed E-state index contributed by atoms with van der Waals surface area (Å²) in [5.41, 5.74) is 6.88. The second-order valence-electron chi connectivity index (χ2n) is 5.56. The Kier molecular flexibility index (Phi) is 4.38. The number of nitrogens with two attached hydrogens (primary N) is 1. The second-order valence-corrected chi connectivity index (χ2v) is 5.56. The van der Waals surface area contributed by atoms with Gasteiger partial charge < -0.3 is 24.8 Å². The molecule has 1 aliphatic heterocycles. The molecule has 1 saturated heterocycles. The van der Waals surface area contributed by atoms with Gasteiger partial charge in [-0.15, -0.1) is 0 Å². The number of benzene rings is 1. The Morgan fingerprint density at radius 3 is 2.30 bits per heavy atom. The Labute approximate surface area is 135 Å². The van der Waals surface area contributed by atoms with E-state index in [9.17, 15) is 0 Å². The lowest BCUT2D eigenvalue weighted by atomic mass is 10.1. The Morgan fingerprint density at radius 1 is 1.04 bits per heavy atom. The van der Waals surface area contributed by atoms with Crippen molar-refractivity contribution in [2.24, 2.45) is 0 Å². The van der Waals surface area contributed by atoms with Gasteiger partial charge in [0.1, 0.15) is 5.82 Å². The van der Waals surface area contributed by atoms with Gasteiger partial charge in [-0.25, -0.2) is 4.98 Å². The fourth-order valence-corrected chi connectivity index (χ4v) is 2.90. The normalized spacial score (nSPS) is 15.9. The topological polar surface area (TPSA) is 82.7 Å². The van der Waals surface area contributed by atoms with Crippen LogP contribution in [0.15, 0.2) is 12.1 Å². The van der Waals surface area contributed by atoms with Gasteiger partial charge in [0.25, 0.3) is 0 Å². The van der Waals surface area contributed by atoms with E-state index in [1.807, 2.05) is 12.1 Å². The molecule has 7 nitrogen and oxygen atoms in total. The summed E-state index contributed by atoms with van der Waals surface area (Å²) in [6, 6.07) is 3.64. The van der Waals surface area contributed by atoms with Crippen LogP contribution in [0.25, 0.3) is 10.9 Å². The third-order valence-electron chi connectivity index (χ3n) is 4.28. The predicted octanol–water partition coefficient (Wildman–Crippen LogP) is 1.84. The first-order chi connectivity index (χ1) is 11.2. The maximum absolute atomic E-state index is 6.13. The number of ether oxygens (including phenoxy) is 3. The average molecular weight is 318 g/mol. The highest BCUT2D eigenvalue weighted by atomic mass is 16.5. The Balaban J connectivity index is 1.97. The Hall–Kier alpha value is -2.28. The van der Waals surface area contributed by atoms with Crippen LogP contribution in [0.2, 0.25) is 0 Å². The molecule has 0 aliphatic carbocycles. The highest BCUT2D eigenvalue weighted by Crippen LogP contribution is 2.34. The molecule has 2 N–H and O–H groups in total. The summed E-state index contributed by atoms with van der Waals surface area (Å²) in [4.78, 5) is 11.3. The monoisotopic (exact) mass is 318 g/mol. The summed E-state index contributed by atoms with van der Waals surface area (Å²) in [5.74, 6) is 2.34. The van der Waals surface area contributed by atoms with Crippen LogP contribution in [0.5, 0.6) is 11.5 Å². The third-order valence-corrected chi connectivity index (χ3v) is 4.28. The summed E-state index contributed by atoms with van der Waals surface area (Å²) < 4.78 is 16.1. The van der Waals surface area contributed by atoms with E-state index in [0.717, 1.165) is 36.8 Å². The molecule has 0 atom stereocenters. The van der Waals surface area contributed by atoms with Gasteiger partial charge in [-0.3, -0.25) is 0 Å². The zero-order chi connectivity index (χ0) is 16.4. The zero-order valence-corrected chi connectivity index (χ0v) is 13.7. The summed E-state index contributed by atoms with van der Waals surface area (Å²) in [5, 5.41) is 0.762. The Morgan fingerprint density at radius 2 is 1.70 bits per heavy atom. The van der Waals surface area contributed by atoms with Gasteiger partial charge in [-0.1, -0.05) is 0 Å². The summed E-state index contributed by atoms with van der Waals surface area (Å²) >= 11 is 0. The molecule has 1 fully saturated rings. The van der Waals surface area contributed by atoms with Crippen LogP contribution < -0.4 is 20.1 Å². The van der Waals surface area contributed by atoms with Crippen molar-refractivity contribution in [3.05, 3.63) is 12.1 Å². The molecule has 0 unspecified atom stereocenters. The first-order valence-corrected chi connectivity index (χ1v) is 7.63. The zero-order valence-electron chi connectivity index (χ0n) is 13.7. The molecule has 0 spiro atoms. The molecule has 124 valence electrons. The molecule has 2 aromatic rings. The fraction of sp³-hybridized carbons (Fsp3) is 0.500. The number of piperidine rings is 1. The molecule has 0 amide bonds. The van der Waals surface area contributed by atoms with Gasteiger partial charge in [0, 0.05) is 31.7 Å². The van der Waals surface area contributed by atoms with Gasteiger partial charge in [-0.05, 0) is 18.9 Å². The van der Waals surface area contributed by atoms with Crippen molar-refractivity contribution in [2.45, 2.75) is 18.9 Å². The molecule has 2 heterocycles. The minimum absolute atomic E-state index is 0.313. The van der Waals surface area contributed by atoms with Crippen molar-refractivity contribution in [3.8, 4) is 11.5 Å². The molecule has 3 rings (SSSR count). The van der Waals surface area contributed by atoms with Crippen LogP contribution in [-0.2, 0) is 4.74 Å². The van der Waals surface area contributed by atoms with Crippen LogP contribution in [0.4, 0.5) is 11.8 Å². The molecule has 0 bridgehead atoms. The van der Waals surface area contributed by atoms with E-state index in [1.54, 1.807) is 21.3 Å². The van der Waals surface area contributed by atoms with E-state index >= 15 is 0 Å². The van der Waals surface area contributed by atoms with Crippen LogP contribution in [0.1, 0.15) is 12.8 Å². The number of nitrogens with zero attached hydrogens (tertiary/aromatic N) is 3. The third kappa shape index (κ3) is 2.96. The number of methoxy groups -OCH3 is 3. The minimum atomic E-state index is 0.313. The quantitative estimate of drug-likeness (QED) is 0.921. The summed E-state index contributed by atoms with van der Waals surface area (Å²) in [6.07, 6.45) is 2.24. The highest BCUT2D eigenvalue weighted by Gasteiger charge is 2.22. The maximum Gasteiger partial charge on any atom is 0.227 e. The minimum Gasteiger partial charge on any atom is -0.493 e. The number of hydrogen-bond donors (Lipinski definition) is 1. The van der Waals surface area contributed by atoms with Crippen LogP contribution >= 0.6 is 0 Å². The molecule has 0 saturated carbocycles. The Bertz CT molecular complexity index is 699. The first kappa shape index (κ1) is 15.6. The molecule has 1 aromatic carbocycles. The first-order valence-electron chi connectivity index (χ1n) is 7.63. The van der Waals surface area contributed by atoms with E-state index < -0.39 is 0 Å². The van der Waals surface area contributed by atoms with E-state index in [2.05, 4.69) is 14.9 Å². The average Bonchev–Trinajstić information content (AvgIpc) is 2.60. The van der Waals surface area contributed by atoms with Crippen molar-refractivity contribution in [1.82, 2.24) is 9.97 Å². The summed E-state index contributed by atoms with van der Waals surface area (Å²) in [6.45, 7) is 1.72. The van der Waals surface area contributed by atoms with Crippen molar-refractivity contribution >= 4 is 22.7 Å². The molecule has 0 radical (unpaired) electrons. The van der Waals surface area contributed by atoms with Crippen molar-refractivity contribution in [2.75, 3.05) is 45.1 Å². The highest BCUT2D eigenvalue weighted by molar-refractivity contribution is 5.91. The van der Waals surface area contributed by atoms with E-state index in [1.165, 1.54) is 0 Å². The standard InChI is InChI=1S/C16H22N4O3/c1-21-10-4-6-20(7-5-10)16-18-12-9-14(23-3)13(22-2)8-11(12)15(17)19-16/h8-10H,4-7H2,1-3H3,(H2,17,18,19). The van der Waals surface area contributed by atoms with E-state index in [-0.39, 0.29) is 0 Å². The van der Waals surface area contributed by atoms with Crippen LogP contribution in [0.3, 0.4) is 0 Å². The number of fused-ring (bicyclic) bond motifs is 1. The van der Waals surface area contributed by atoms with Crippen LogP contribution in [0, 0.1) is 0 Å². The van der Waals surface area contributed by atoms with Crippen molar-refractivity contribution < 1.29 is 14.2 Å². The molecule has 23 heavy (non-hydrogen) atoms. The fourth-order valence-electron chi connectivity index (χ4n) is 2.90. The lowest BCUT2D eigenvalue weighted by Gasteiger charge is -2.31. The van der Waals surface area contributed by atoms with Gasteiger partial charge in [-0.2, -0.15) is 4.98 Å². The summed E-state index contributed by atoms with van der Waals surface area (Å²) in [7, 11) is 4.95. The van der Waals surface area contributed by atoms with Crippen LogP contribution in [-0.4, -0.2) is 50.5 Å². The molecule has 1 aliphatic rings. The predicted molar refractivity (Wildman–Crippen MR) is 89.3 cm³/mol. The molecule has 7 heteroatoms. The number of anilines is 2. The molecular formula is C16H22N4O3. The van der Waals surface area contributed by atoms with Gasteiger partial charge in [0.2, 0.25) is 5.95 Å². The number of rotatable bonds is 4. The number of hydrogen-bond acceptors (Lipinski definition) is 7. The molecular weight excluding hydrogens is 296 g/mol. The number of nitrogen functional groups attached to an aromatic ring is 1. The van der Waals surface area contributed by atoms with Gasteiger partial charge >= 0.3 is 0 Å². The SMILES string of the molecule is COc1cc2nc(N3CCC(OC)CC3)nc(N)c2cc1OC. The van der Waals surface area contributed by atoms with Crippen molar-refractivity contribution in [3.63, 3.8) is 0 Å². The lowest BCUT2D eigenvalue weighted by molar-refractivity contribution is 0.0817. The largest absolute Gasteiger partial charge is 0.493 e. The van der Waals surface area contributed by atoms with E-state index in [0.29, 0.717) is 29.4 Å². The maximum atomic E-state index is 6.13. The van der Waals surface area contributed by atoms with Gasteiger partial charge in [0.05, 0.1) is 25.8 Å². The lowest BCUT2D eigenvalue weighted by Crippen LogP contribution is -2.37. The molecule has 1 aromatic heterocycles. The second kappa shape index (κ2) is 6.45. The van der Waals surface area contributed by atoms with Crippen molar-refractivity contribution in [1.29, 1.82) is 0 Å². The van der Waals surface area contributed by atoms with Gasteiger partial charge in [0.15, 0.2) is 11.5 Å². The van der Waals surface area contributed by atoms with E-state index in [4.69, 9.17) is 19.9 Å². The smallest absolute Gasteiger partial charge is 0.227 e.